The molecule has 1 aromatic carbocycles. The number of hydrogen-bond acceptors (Lipinski definition) is 8. The van der Waals surface area contributed by atoms with Gasteiger partial charge in [-0.3, -0.25) is 0 Å². The molecule has 0 spiro atoms. The number of nitrogens with zero attached hydrogens (tertiary/aromatic N) is 6. The lowest BCUT2D eigenvalue weighted by Gasteiger charge is -2.34. The first-order valence-corrected chi connectivity index (χ1v) is 9.82. The number of piperazine rings is 1. The van der Waals surface area contributed by atoms with Gasteiger partial charge in [0.1, 0.15) is 11.6 Å². The fraction of sp³-hybridized carbons (Fsp3) is 0.333. The van der Waals surface area contributed by atoms with E-state index in [9.17, 15) is 0 Å². The first kappa shape index (κ1) is 18.9. The summed E-state index contributed by atoms with van der Waals surface area (Å²) in [5.74, 6) is 3.03. The number of benzene rings is 1. The molecule has 2 aromatic heterocycles. The van der Waals surface area contributed by atoms with Gasteiger partial charge in [0, 0.05) is 44.8 Å². The van der Waals surface area contributed by atoms with Gasteiger partial charge < -0.3 is 19.9 Å². The van der Waals surface area contributed by atoms with Gasteiger partial charge in [-0.15, -0.1) is 0 Å². The Labute approximate surface area is 170 Å². The summed E-state index contributed by atoms with van der Waals surface area (Å²) >= 11 is 0. The van der Waals surface area contributed by atoms with Crippen molar-refractivity contribution in [2.45, 2.75) is 20.0 Å². The largest absolute Gasteiger partial charge is 0.489 e. The van der Waals surface area contributed by atoms with E-state index in [1.54, 1.807) is 18.6 Å². The van der Waals surface area contributed by atoms with Crippen molar-refractivity contribution >= 4 is 23.4 Å². The SMILES string of the molecule is CC(C)Oc1ccccc1Nc1ccnc(N2CCN(c3ncccn3)CC2)n1. The summed E-state index contributed by atoms with van der Waals surface area (Å²) < 4.78 is 5.88. The molecular weight excluding hydrogens is 366 g/mol. The maximum atomic E-state index is 5.88. The van der Waals surface area contributed by atoms with Crippen molar-refractivity contribution in [2.24, 2.45) is 0 Å². The molecule has 0 aliphatic carbocycles. The summed E-state index contributed by atoms with van der Waals surface area (Å²) in [5, 5.41) is 3.36. The van der Waals surface area contributed by atoms with Crippen LogP contribution in [0.5, 0.6) is 5.75 Å². The molecule has 0 unspecified atom stereocenters. The monoisotopic (exact) mass is 391 g/mol. The second-order valence-electron chi connectivity index (χ2n) is 7.05. The number of para-hydroxylation sites is 2. The molecule has 0 radical (unpaired) electrons. The minimum atomic E-state index is 0.101. The maximum Gasteiger partial charge on any atom is 0.227 e. The molecule has 1 fully saturated rings. The minimum absolute atomic E-state index is 0.101. The molecule has 8 nitrogen and oxygen atoms in total. The molecule has 1 N–H and O–H groups in total. The van der Waals surface area contributed by atoms with E-state index in [0.29, 0.717) is 5.95 Å². The summed E-state index contributed by atoms with van der Waals surface area (Å²) in [4.78, 5) is 22.2. The molecule has 0 bridgehead atoms. The van der Waals surface area contributed by atoms with Crippen LogP contribution in [0.1, 0.15) is 13.8 Å². The van der Waals surface area contributed by atoms with Gasteiger partial charge in [0.25, 0.3) is 0 Å². The van der Waals surface area contributed by atoms with Gasteiger partial charge >= 0.3 is 0 Å². The van der Waals surface area contributed by atoms with Crippen molar-refractivity contribution in [3.63, 3.8) is 0 Å². The van der Waals surface area contributed by atoms with Crippen LogP contribution < -0.4 is 19.9 Å². The molecule has 1 saturated heterocycles. The Morgan fingerprint density at radius 3 is 2.21 bits per heavy atom. The lowest BCUT2D eigenvalue weighted by atomic mass is 10.3. The van der Waals surface area contributed by atoms with Crippen LogP contribution in [0.15, 0.2) is 55.0 Å². The molecule has 1 aliphatic rings. The van der Waals surface area contributed by atoms with Crippen molar-refractivity contribution in [3.8, 4) is 5.75 Å². The van der Waals surface area contributed by atoms with Crippen molar-refractivity contribution in [1.82, 2.24) is 19.9 Å². The predicted molar refractivity (Wildman–Crippen MR) is 114 cm³/mol. The molecule has 150 valence electrons. The number of anilines is 4. The van der Waals surface area contributed by atoms with Crippen LogP contribution in [-0.2, 0) is 0 Å². The lowest BCUT2D eigenvalue weighted by molar-refractivity contribution is 0.244. The van der Waals surface area contributed by atoms with E-state index in [1.807, 2.05) is 50.2 Å². The Kier molecular flexibility index (Phi) is 5.69. The maximum absolute atomic E-state index is 5.88. The molecule has 0 saturated carbocycles. The van der Waals surface area contributed by atoms with E-state index in [1.165, 1.54) is 0 Å². The first-order valence-electron chi connectivity index (χ1n) is 9.82. The van der Waals surface area contributed by atoms with Gasteiger partial charge in [-0.05, 0) is 38.1 Å². The Balaban J connectivity index is 1.44. The highest BCUT2D eigenvalue weighted by Gasteiger charge is 2.20. The first-order chi connectivity index (χ1) is 14.2. The third-order valence-corrected chi connectivity index (χ3v) is 4.55. The highest BCUT2D eigenvalue weighted by atomic mass is 16.5. The summed E-state index contributed by atoms with van der Waals surface area (Å²) in [5.41, 5.74) is 0.886. The van der Waals surface area contributed by atoms with Gasteiger partial charge in [0.2, 0.25) is 11.9 Å². The predicted octanol–water partition coefficient (Wildman–Crippen LogP) is 3.12. The highest BCUT2D eigenvalue weighted by molar-refractivity contribution is 5.64. The Morgan fingerprint density at radius 1 is 0.828 bits per heavy atom. The zero-order valence-electron chi connectivity index (χ0n) is 16.7. The fourth-order valence-corrected chi connectivity index (χ4v) is 3.20. The normalized spacial score (nSPS) is 14.2. The van der Waals surface area contributed by atoms with Gasteiger partial charge in [-0.1, -0.05) is 12.1 Å². The molecular formula is C21H25N7O. The molecule has 0 atom stereocenters. The number of ether oxygens (including phenoxy) is 1. The summed E-state index contributed by atoms with van der Waals surface area (Å²) in [6.45, 7) is 7.31. The third-order valence-electron chi connectivity index (χ3n) is 4.55. The fourth-order valence-electron chi connectivity index (χ4n) is 3.20. The summed E-state index contributed by atoms with van der Waals surface area (Å²) in [6.07, 6.45) is 5.43. The third kappa shape index (κ3) is 4.71. The Bertz CT molecular complexity index is 927. The topological polar surface area (TPSA) is 79.3 Å². The zero-order chi connectivity index (χ0) is 20.1. The van der Waals surface area contributed by atoms with E-state index in [4.69, 9.17) is 9.72 Å². The second kappa shape index (κ2) is 8.72. The summed E-state index contributed by atoms with van der Waals surface area (Å²) in [7, 11) is 0. The smallest absolute Gasteiger partial charge is 0.227 e. The van der Waals surface area contributed by atoms with Gasteiger partial charge in [-0.25, -0.2) is 15.0 Å². The van der Waals surface area contributed by atoms with Crippen molar-refractivity contribution < 1.29 is 4.74 Å². The van der Waals surface area contributed by atoms with Crippen LogP contribution in [0.3, 0.4) is 0 Å². The van der Waals surface area contributed by atoms with E-state index >= 15 is 0 Å². The van der Waals surface area contributed by atoms with Crippen molar-refractivity contribution in [2.75, 3.05) is 41.3 Å². The van der Waals surface area contributed by atoms with Crippen LogP contribution in [-0.4, -0.2) is 52.2 Å². The van der Waals surface area contributed by atoms with Gasteiger partial charge in [-0.2, -0.15) is 4.98 Å². The Morgan fingerprint density at radius 2 is 1.48 bits per heavy atom. The van der Waals surface area contributed by atoms with Crippen LogP contribution in [0.4, 0.5) is 23.4 Å². The Hall–Kier alpha value is -3.42. The van der Waals surface area contributed by atoms with Crippen LogP contribution >= 0.6 is 0 Å². The minimum Gasteiger partial charge on any atom is -0.489 e. The lowest BCUT2D eigenvalue weighted by Crippen LogP contribution is -2.47. The van der Waals surface area contributed by atoms with Gasteiger partial charge in [0.15, 0.2) is 0 Å². The van der Waals surface area contributed by atoms with E-state index in [0.717, 1.165) is 49.4 Å². The molecule has 4 rings (SSSR count). The zero-order valence-corrected chi connectivity index (χ0v) is 16.7. The van der Waals surface area contributed by atoms with Crippen LogP contribution in [0, 0.1) is 0 Å². The molecule has 3 aromatic rings. The van der Waals surface area contributed by atoms with E-state index in [2.05, 4.69) is 30.1 Å². The quantitative estimate of drug-likeness (QED) is 0.687. The van der Waals surface area contributed by atoms with E-state index in [-0.39, 0.29) is 6.10 Å². The van der Waals surface area contributed by atoms with Crippen molar-refractivity contribution in [1.29, 1.82) is 0 Å². The molecule has 1 aliphatic heterocycles. The van der Waals surface area contributed by atoms with Crippen LogP contribution in [0.2, 0.25) is 0 Å². The second-order valence-corrected chi connectivity index (χ2v) is 7.05. The highest BCUT2D eigenvalue weighted by Crippen LogP contribution is 2.28. The van der Waals surface area contributed by atoms with Gasteiger partial charge in [0.05, 0.1) is 11.8 Å². The number of rotatable bonds is 6. The molecule has 8 heteroatoms. The average Bonchev–Trinajstić information content (AvgIpc) is 2.76. The standard InChI is InChI=1S/C21H25N7O/c1-16(2)29-18-7-4-3-6-17(18)25-19-8-11-24-21(26-19)28-14-12-27(13-15-28)20-22-9-5-10-23-20/h3-11,16H,12-15H2,1-2H3,(H,24,25,26). The molecule has 0 amide bonds. The number of nitrogens with one attached hydrogen (secondary N) is 1. The number of hydrogen-bond donors (Lipinski definition) is 1. The number of aromatic nitrogens is 4. The molecule has 3 heterocycles. The van der Waals surface area contributed by atoms with Crippen LogP contribution in [0.25, 0.3) is 0 Å². The average molecular weight is 391 g/mol. The van der Waals surface area contributed by atoms with Crippen molar-refractivity contribution in [3.05, 3.63) is 55.0 Å². The summed E-state index contributed by atoms with van der Waals surface area (Å²) in [6, 6.07) is 11.6. The van der Waals surface area contributed by atoms with E-state index < -0.39 is 0 Å². The molecule has 29 heavy (non-hydrogen) atoms.